The standard InChI is InChI=1S/C24H26N4O3S/c1-17-26-21(16-32-17)15-31-22-9-5-7-19(13-22)23(29)25-14-18-6-4-8-20(12-18)27-24(30)28-10-2-3-11-28/h4-9,12-13,16H,2-3,10-11,14-15H2,1H3,(H,25,29)(H,27,30). The molecule has 1 saturated heterocycles. The van der Waals surface area contributed by atoms with Gasteiger partial charge in [-0.25, -0.2) is 9.78 Å². The average Bonchev–Trinajstić information content (AvgIpc) is 3.49. The van der Waals surface area contributed by atoms with Gasteiger partial charge in [0.05, 0.1) is 10.7 Å². The second kappa shape index (κ2) is 10.3. The largest absolute Gasteiger partial charge is 0.487 e. The van der Waals surface area contributed by atoms with Crippen LogP contribution in [0.4, 0.5) is 10.5 Å². The van der Waals surface area contributed by atoms with Gasteiger partial charge in [0, 0.05) is 36.3 Å². The van der Waals surface area contributed by atoms with E-state index in [1.807, 2.05) is 47.5 Å². The third-order valence-corrected chi connectivity index (χ3v) is 6.00. The second-order valence-electron chi connectivity index (χ2n) is 7.68. The molecule has 0 spiro atoms. The van der Waals surface area contributed by atoms with Crippen LogP contribution in [-0.4, -0.2) is 34.9 Å². The van der Waals surface area contributed by atoms with Gasteiger partial charge >= 0.3 is 6.03 Å². The lowest BCUT2D eigenvalue weighted by Gasteiger charge is -2.16. The van der Waals surface area contributed by atoms with Crippen LogP contribution in [0.15, 0.2) is 53.9 Å². The molecule has 4 rings (SSSR count). The van der Waals surface area contributed by atoms with Gasteiger partial charge in [-0.05, 0) is 55.7 Å². The number of nitrogens with zero attached hydrogens (tertiary/aromatic N) is 2. The topological polar surface area (TPSA) is 83.6 Å². The Bertz CT molecular complexity index is 1090. The second-order valence-corrected chi connectivity index (χ2v) is 8.74. The summed E-state index contributed by atoms with van der Waals surface area (Å²) in [4.78, 5) is 31.1. The summed E-state index contributed by atoms with van der Waals surface area (Å²) >= 11 is 1.58. The van der Waals surface area contributed by atoms with E-state index in [0.29, 0.717) is 24.5 Å². The highest BCUT2D eigenvalue weighted by Gasteiger charge is 2.17. The van der Waals surface area contributed by atoms with Gasteiger partial charge in [-0.3, -0.25) is 4.79 Å². The van der Waals surface area contributed by atoms with Crippen molar-refractivity contribution < 1.29 is 14.3 Å². The number of ether oxygens (including phenoxy) is 1. The molecule has 1 aliphatic rings. The number of carbonyl (C=O) groups excluding carboxylic acids is 2. The van der Waals surface area contributed by atoms with Crippen molar-refractivity contribution >= 4 is 29.0 Å². The first-order valence-electron chi connectivity index (χ1n) is 10.6. The molecule has 3 amide bonds. The maximum absolute atomic E-state index is 12.6. The van der Waals surface area contributed by atoms with Crippen LogP contribution in [0.1, 0.15) is 39.5 Å². The molecule has 8 heteroatoms. The van der Waals surface area contributed by atoms with Crippen molar-refractivity contribution in [3.8, 4) is 5.75 Å². The number of hydrogen-bond donors (Lipinski definition) is 2. The number of hydrogen-bond acceptors (Lipinski definition) is 5. The zero-order valence-corrected chi connectivity index (χ0v) is 18.8. The van der Waals surface area contributed by atoms with E-state index in [0.717, 1.165) is 47.9 Å². The number of aryl methyl sites for hydroxylation is 1. The van der Waals surface area contributed by atoms with Gasteiger partial charge in [-0.1, -0.05) is 18.2 Å². The number of rotatable bonds is 7. The van der Waals surface area contributed by atoms with Gasteiger partial charge in [-0.15, -0.1) is 11.3 Å². The Labute approximate surface area is 191 Å². The number of likely N-dealkylation sites (tertiary alicyclic amines) is 1. The van der Waals surface area contributed by atoms with Gasteiger partial charge in [-0.2, -0.15) is 0 Å². The summed E-state index contributed by atoms with van der Waals surface area (Å²) in [5, 5.41) is 8.82. The SMILES string of the molecule is Cc1nc(COc2cccc(C(=O)NCc3cccc(NC(=O)N4CCCC4)c3)c2)cs1. The van der Waals surface area contributed by atoms with E-state index in [4.69, 9.17) is 4.74 Å². The summed E-state index contributed by atoms with van der Waals surface area (Å²) in [6.07, 6.45) is 2.10. The van der Waals surface area contributed by atoms with Crippen LogP contribution < -0.4 is 15.4 Å². The normalized spacial score (nSPS) is 13.1. The molecular weight excluding hydrogens is 424 g/mol. The zero-order chi connectivity index (χ0) is 22.3. The van der Waals surface area contributed by atoms with Gasteiger partial charge < -0.3 is 20.3 Å². The van der Waals surface area contributed by atoms with Gasteiger partial charge in [0.2, 0.25) is 0 Å². The van der Waals surface area contributed by atoms with Crippen LogP contribution >= 0.6 is 11.3 Å². The number of thiazole rings is 1. The Kier molecular flexibility index (Phi) is 7.01. The van der Waals surface area contributed by atoms with E-state index in [1.54, 1.807) is 29.5 Å². The first-order chi connectivity index (χ1) is 15.6. The Morgan fingerprint density at radius 2 is 1.94 bits per heavy atom. The summed E-state index contributed by atoms with van der Waals surface area (Å²) < 4.78 is 5.77. The van der Waals surface area contributed by atoms with Crippen LogP contribution in [0.25, 0.3) is 0 Å². The lowest BCUT2D eigenvalue weighted by Crippen LogP contribution is -2.32. The Morgan fingerprint density at radius 1 is 1.12 bits per heavy atom. The fourth-order valence-electron chi connectivity index (χ4n) is 3.53. The molecule has 1 fully saturated rings. The van der Waals surface area contributed by atoms with Crippen molar-refractivity contribution in [1.82, 2.24) is 15.2 Å². The van der Waals surface area contributed by atoms with Gasteiger partial charge in [0.25, 0.3) is 5.91 Å². The molecule has 166 valence electrons. The lowest BCUT2D eigenvalue weighted by molar-refractivity contribution is 0.0950. The van der Waals surface area contributed by atoms with Crippen molar-refractivity contribution in [2.45, 2.75) is 32.9 Å². The fraction of sp³-hybridized carbons (Fsp3) is 0.292. The molecule has 0 aliphatic carbocycles. The summed E-state index contributed by atoms with van der Waals surface area (Å²) in [7, 11) is 0. The molecule has 1 aromatic heterocycles. The molecule has 2 aromatic carbocycles. The summed E-state index contributed by atoms with van der Waals surface area (Å²) in [6.45, 7) is 4.28. The van der Waals surface area contributed by atoms with E-state index in [2.05, 4.69) is 15.6 Å². The van der Waals surface area contributed by atoms with Crippen LogP contribution in [-0.2, 0) is 13.2 Å². The predicted octanol–water partition coefficient (Wildman–Crippen LogP) is 4.59. The highest BCUT2D eigenvalue weighted by Crippen LogP contribution is 2.17. The molecule has 1 aliphatic heterocycles. The van der Waals surface area contributed by atoms with E-state index in [1.165, 1.54) is 0 Å². The minimum absolute atomic E-state index is 0.0756. The quantitative estimate of drug-likeness (QED) is 0.552. The number of carbonyl (C=O) groups is 2. The molecule has 0 atom stereocenters. The predicted molar refractivity (Wildman–Crippen MR) is 125 cm³/mol. The fourth-order valence-corrected chi connectivity index (χ4v) is 4.12. The van der Waals surface area contributed by atoms with Crippen molar-refractivity contribution in [3.05, 3.63) is 75.7 Å². The molecule has 0 radical (unpaired) electrons. The lowest BCUT2D eigenvalue weighted by atomic mass is 10.1. The van der Waals surface area contributed by atoms with Crippen LogP contribution in [0.2, 0.25) is 0 Å². The number of benzene rings is 2. The van der Waals surface area contributed by atoms with Crippen LogP contribution in [0.5, 0.6) is 5.75 Å². The smallest absolute Gasteiger partial charge is 0.321 e. The highest BCUT2D eigenvalue weighted by molar-refractivity contribution is 7.09. The van der Waals surface area contributed by atoms with Crippen LogP contribution in [0, 0.1) is 6.92 Å². The maximum atomic E-state index is 12.6. The van der Waals surface area contributed by atoms with E-state index >= 15 is 0 Å². The maximum Gasteiger partial charge on any atom is 0.321 e. The van der Waals surface area contributed by atoms with Gasteiger partial charge in [0.1, 0.15) is 12.4 Å². The number of urea groups is 1. The Morgan fingerprint density at radius 3 is 2.72 bits per heavy atom. The molecule has 2 N–H and O–H groups in total. The number of aromatic nitrogens is 1. The number of anilines is 1. The molecule has 32 heavy (non-hydrogen) atoms. The average molecular weight is 451 g/mol. The molecule has 7 nitrogen and oxygen atoms in total. The van der Waals surface area contributed by atoms with E-state index < -0.39 is 0 Å². The minimum Gasteiger partial charge on any atom is -0.487 e. The van der Waals surface area contributed by atoms with Crippen LogP contribution in [0.3, 0.4) is 0 Å². The molecular formula is C24H26N4O3S. The zero-order valence-electron chi connectivity index (χ0n) is 18.0. The first-order valence-corrected chi connectivity index (χ1v) is 11.5. The molecule has 3 aromatic rings. The number of nitrogens with one attached hydrogen (secondary N) is 2. The van der Waals surface area contributed by atoms with Crippen molar-refractivity contribution in [1.29, 1.82) is 0 Å². The van der Waals surface area contributed by atoms with Gasteiger partial charge in [0.15, 0.2) is 0 Å². The first kappa shape index (κ1) is 21.8. The van der Waals surface area contributed by atoms with Crippen molar-refractivity contribution in [2.24, 2.45) is 0 Å². The Hall–Kier alpha value is -3.39. The molecule has 2 heterocycles. The highest BCUT2D eigenvalue weighted by atomic mass is 32.1. The van der Waals surface area contributed by atoms with Crippen molar-refractivity contribution in [3.63, 3.8) is 0 Å². The summed E-state index contributed by atoms with van der Waals surface area (Å²) in [5.74, 6) is 0.432. The monoisotopic (exact) mass is 450 g/mol. The van der Waals surface area contributed by atoms with E-state index in [-0.39, 0.29) is 11.9 Å². The third kappa shape index (κ3) is 5.85. The molecule has 0 saturated carbocycles. The minimum atomic E-state index is -0.188. The summed E-state index contributed by atoms with van der Waals surface area (Å²) in [6, 6.07) is 14.5. The third-order valence-electron chi connectivity index (χ3n) is 5.17. The number of amides is 3. The van der Waals surface area contributed by atoms with E-state index in [9.17, 15) is 9.59 Å². The molecule has 0 bridgehead atoms. The Balaban J connectivity index is 1.31. The van der Waals surface area contributed by atoms with Crippen molar-refractivity contribution in [2.75, 3.05) is 18.4 Å². The summed E-state index contributed by atoms with van der Waals surface area (Å²) in [5.41, 5.74) is 3.03. The molecule has 0 unspecified atom stereocenters.